The molecule has 3 aromatic carbocycles. The molecule has 9 heteroatoms. The molecule has 0 aromatic heterocycles. The summed E-state index contributed by atoms with van der Waals surface area (Å²) in [5.74, 6) is -0.439. The topological polar surface area (TPSA) is 126 Å². The first kappa shape index (κ1) is 29.6. The summed E-state index contributed by atoms with van der Waals surface area (Å²) < 4.78 is 22.5. The zero-order valence-electron chi connectivity index (χ0n) is 23.8. The number of methoxy groups -OCH3 is 1. The summed E-state index contributed by atoms with van der Waals surface area (Å²) in [5, 5.41) is 2.77. The van der Waals surface area contributed by atoms with Gasteiger partial charge in [0, 0.05) is 18.5 Å². The summed E-state index contributed by atoms with van der Waals surface area (Å²) in [4.78, 5) is 39.1. The Balaban J connectivity index is 1.65. The molecule has 3 N–H and O–H groups in total. The number of alkyl carbamates (subject to hydrolysis) is 1. The van der Waals surface area contributed by atoms with Crippen LogP contribution in [0.1, 0.15) is 59.8 Å². The number of benzene rings is 3. The summed E-state index contributed by atoms with van der Waals surface area (Å²) in [5.41, 5.74) is 7.18. The molecule has 216 valence electrons. The van der Waals surface area contributed by atoms with E-state index in [0.717, 1.165) is 11.1 Å². The van der Waals surface area contributed by atoms with Gasteiger partial charge in [-0.05, 0) is 62.4 Å². The highest BCUT2D eigenvalue weighted by Crippen LogP contribution is 2.39. The van der Waals surface area contributed by atoms with E-state index in [0.29, 0.717) is 29.7 Å². The Morgan fingerprint density at radius 2 is 1.66 bits per heavy atom. The highest BCUT2D eigenvalue weighted by atomic mass is 16.6. The molecule has 0 bridgehead atoms. The minimum absolute atomic E-state index is 0.0940. The van der Waals surface area contributed by atoms with Gasteiger partial charge in [-0.2, -0.15) is 0 Å². The number of hydrogen-bond donors (Lipinski definition) is 2. The molecule has 0 spiro atoms. The van der Waals surface area contributed by atoms with E-state index in [1.807, 2.05) is 42.5 Å². The molecular formula is C32H36N2O7. The number of carbonyl (C=O) groups excluding carboxylic acids is 3. The Hall–Kier alpha value is -4.37. The zero-order chi connectivity index (χ0) is 29.6. The number of rotatable bonds is 8. The van der Waals surface area contributed by atoms with Gasteiger partial charge < -0.3 is 30.0 Å². The Bertz CT molecular complexity index is 1420. The van der Waals surface area contributed by atoms with E-state index in [1.165, 1.54) is 7.11 Å². The maximum absolute atomic E-state index is 13.3. The lowest BCUT2D eigenvalue weighted by Crippen LogP contribution is -2.59. The van der Waals surface area contributed by atoms with Gasteiger partial charge in [0.25, 0.3) is 0 Å². The second-order valence-electron chi connectivity index (χ2n) is 10.9. The minimum Gasteiger partial charge on any atom is -0.467 e. The molecule has 1 atom stereocenters. The van der Waals surface area contributed by atoms with Crippen LogP contribution in [0.2, 0.25) is 0 Å². The number of nitrogens with one attached hydrogen (secondary N) is 1. The first-order valence-electron chi connectivity index (χ1n) is 13.5. The van der Waals surface area contributed by atoms with Crippen LogP contribution in [-0.4, -0.2) is 36.3 Å². The molecule has 0 radical (unpaired) electrons. The number of esters is 2. The summed E-state index contributed by atoms with van der Waals surface area (Å²) in [7, 11) is 1.28. The molecule has 1 aliphatic carbocycles. The molecular weight excluding hydrogens is 524 g/mol. The third-order valence-corrected chi connectivity index (χ3v) is 6.82. The number of hydrogen-bond acceptors (Lipinski definition) is 8. The second-order valence-corrected chi connectivity index (χ2v) is 10.9. The lowest BCUT2D eigenvalue weighted by Gasteiger charge is -2.37. The maximum atomic E-state index is 13.3. The Labute approximate surface area is 239 Å². The maximum Gasteiger partial charge on any atom is 0.408 e. The van der Waals surface area contributed by atoms with Crippen molar-refractivity contribution in [2.24, 2.45) is 5.73 Å². The number of nitrogens with two attached hydrogens (primary N) is 1. The molecule has 0 unspecified atom stereocenters. The smallest absolute Gasteiger partial charge is 0.408 e. The van der Waals surface area contributed by atoms with Crippen LogP contribution >= 0.6 is 0 Å². The molecule has 0 saturated heterocycles. The first-order chi connectivity index (χ1) is 19.5. The Morgan fingerprint density at radius 3 is 2.34 bits per heavy atom. The molecule has 0 fully saturated rings. The summed E-state index contributed by atoms with van der Waals surface area (Å²) in [6, 6.07) is 20.1. The van der Waals surface area contributed by atoms with Gasteiger partial charge in [0.15, 0.2) is 0 Å². The quantitative estimate of drug-likeness (QED) is 0.284. The molecule has 41 heavy (non-hydrogen) atoms. The van der Waals surface area contributed by atoms with Crippen molar-refractivity contribution in [2.45, 2.75) is 64.3 Å². The van der Waals surface area contributed by atoms with Crippen LogP contribution < -0.4 is 15.8 Å². The van der Waals surface area contributed by atoms with Crippen LogP contribution in [0.25, 0.3) is 0 Å². The summed E-state index contributed by atoms with van der Waals surface area (Å²) in [6.07, 6.45) is 0.180. The largest absolute Gasteiger partial charge is 0.467 e. The van der Waals surface area contributed by atoms with E-state index in [1.54, 1.807) is 45.0 Å². The highest BCUT2D eigenvalue weighted by Gasteiger charge is 2.45. The van der Waals surface area contributed by atoms with E-state index >= 15 is 0 Å². The van der Waals surface area contributed by atoms with Crippen LogP contribution in [0, 0.1) is 0 Å². The van der Waals surface area contributed by atoms with Crippen LogP contribution in [0.5, 0.6) is 11.5 Å². The van der Waals surface area contributed by atoms with Gasteiger partial charge >= 0.3 is 18.0 Å². The standard InChI is InChI=1S/C32H36N2O7/c1-31(2,3)41-30(37)34-32(29(36)38-4)17-16-22-12-8-14-25(24(22)18-32)40-26-15-9-13-23(19-33)27(26)28(35)39-20-21-10-6-5-7-11-21/h5-15H,16-20,33H2,1-4H3,(H,34,37)/t32-/m1/s1. The molecule has 0 aliphatic heterocycles. The average molecular weight is 561 g/mol. The number of aryl methyl sites for hydroxylation is 1. The fourth-order valence-electron chi connectivity index (χ4n) is 4.88. The van der Waals surface area contributed by atoms with Crippen LogP contribution in [0.15, 0.2) is 66.7 Å². The Morgan fingerprint density at radius 1 is 0.951 bits per heavy atom. The lowest BCUT2D eigenvalue weighted by molar-refractivity contribution is -0.149. The summed E-state index contributed by atoms with van der Waals surface area (Å²) in [6.45, 7) is 5.44. The number of ether oxygens (including phenoxy) is 4. The van der Waals surface area contributed by atoms with Crippen LogP contribution in [0.4, 0.5) is 4.79 Å². The van der Waals surface area contributed by atoms with Crippen molar-refractivity contribution in [3.63, 3.8) is 0 Å². The predicted molar refractivity (Wildman–Crippen MR) is 153 cm³/mol. The number of amides is 1. The van der Waals surface area contributed by atoms with Gasteiger partial charge in [0.05, 0.1) is 7.11 Å². The Kier molecular flexibility index (Phi) is 8.98. The van der Waals surface area contributed by atoms with Gasteiger partial charge in [0.2, 0.25) is 0 Å². The van der Waals surface area contributed by atoms with Crippen molar-refractivity contribution in [1.82, 2.24) is 5.32 Å². The molecule has 9 nitrogen and oxygen atoms in total. The van der Waals surface area contributed by atoms with Crippen molar-refractivity contribution >= 4 is 18.0 Å². The SMILES string of the molecule is COC(=O)[C@@]1(NC(=O)OC(C)(C)C)CCc2cccc(Oc3cccc(CN)c3C(=O)OCc3ccccc3)c2C1. The predicted octanol–water partition coefficient (Wildman–Crippen LogP) is 5.22. The van der Waals surface area contributed by atoms with Crippen LogP contribution in [-0.2, 0) is 45.0 Å². The third kappa shape index (κ3) is 7.05. The van der Waals surface area contributed by atoms with E-state index in [9.17, 15) is 14.4 Å². The molecule has 3 aromatic rings. The van der Waals surface area contributed by atoms with E-state index in [-0.39, 0.29) is 30.9 Å². The van der Waals surface area contributed by atoms with E-state index in [4.69, 9.17) is 24.7 Å². The van der Waals surface area contributed by atoms with Crippen molar-refractivity contribution in [3.05, 3.63) is 94.5 Å². The van der Waals surface area contributed by atoms with Gasteiger partial charge in [0.1, 0.15) is 34.8 Å². The fourth-order valence-corrected chi connectivity index (χ4v) is 4.88. The number of carbonyl (C=O) groups is 3. The van der Waals surface area contributed by atoms with Crippen LogP contribution in [0.3, 0.4) is 0 Å². The summed E-state index contributed by atoms with van der Waals surface area (Å²) >= 11 is 0. The number of fused-ring (bicyclic) bond motifs is 1. The van der Waals surface area contributed by atoms with Crippen molar-refractivity contribution in [2.75, 3.05) is 7.11 Å². The molecule has 0 saturated carbocycles. The van der Waals surface area contributed by atoms with E-state index < -0.39 is 29.2 Å². The zero-order valence-corrected chi connectivity index (χ0v) is 23.8. The molecule has 1 amide bonds. The third-order valence-electron chi connectivity index (χ3n) is 6.82. The highest BCUT2D eigenvalue weighted by molar-refractivity contribution is 5.94. The average Bonchev–Trinajstić information content (AvgIpc) is 2.95. The molecule has 4 rings (SSSR count). The lowest BCUT2D eigenvalue weighted by atomic mass is 9.77. The van der Waals surface area contributed by atoms with E-state index in [2.05, 4.69) is 5.32 Å². The van der Waals surface area contributed by atoms with Gasteiger partial charge in [-0.25, -0.2) is 14.4 Å². The van der Waals surface area contributed by atoms with Gasteiger partial charge in [-0.15, -0.1) is 0 Å². The normalized spacial score (nSPS) is 16.2. The van der Waals surface area contributed by atoms with Crippen molar-refractivity contribution in [1.29, 1.82) is 0 Å². The van der Waals surface area contributed by atoms with Crippen molar-refractivity contribution in [3.8, 4) is 11.5 Å². The first-order valence-corrected chi connectivity index (χ1v) is 13.5. The monoisotopic (exact) mass is 560 g/mol. The molecule has 0 heterocycles. The second kappa shape index (κ2) is 12.4. The van der Waals surface area contributed by atoms with Gasteiger partial charge in [-0.3, -0.25) is 0 Å². The minimum atomic E-state index is -1.36. The van der Waals surface area contributed by atoms with Crippen molar-refractivity contribution < 1.29 is 33.3 Å². The fraction of sp³-hybridized carbons (Fsp3) is 0.344. The molecule has 1 aliphatic rings. The van der Waals surface area contributed by atoms with Gasteiger partial charge in [-0.1, -0.05) is 54.6 Å².